The summed E-state index contributed by atoms with van der Waals surface area (Å²) < 4.78 is 21.0. The summed E-state index contributed by atoms with van der Waals surface area (Å²) in [6, 6.07) is 14.7. The van der Waals surface area contributed by atoms with Gasteiger partial charge in [-0.1, -0.05) is 17.3 Å². The maximum atomic E-state index is 12.1. The minimum absolute atomic E-state index is 0.121. The van der Waals surface area contributed by atoms with Crippen molar-refractivity contribution < 1.29 is 23.2 Å². The van der Waals surface area contributed by atoms with Gasteiger partial charge in [0.25, 0.3) is 0 Å². The molecule has 136 valence electrons. The first-order valence-corrected chi connectivity index (χ1v) is 8.36. The van der Waals surface area contributed by atoms with Crippen molar-refractivity contribution in [3.05, 3.63) is 60.7 Å². The van der Waals surface area contributed by atoms with Gasteiger partial charge in [0.05, 0.1) is 19.8 Å². The van der Waals surface area contributed by atoms with E-state index < -0.39 is 0 Å². The molecule has 2 heterocycles. The first kappa shape index (κ1) is 16.8. The summed E-state index contributed by atoms with van der Waals surface area (Å²) in [5, 5.41) is 5.79. The molecule has 0 aliphatic heterocycles. The molecule has 0 saturated carbocycles. The Balaban J connectivity index is 1.38. The fourth-order valence-electron chi connectivity index (χ4n) is 2.65. The highest BCUT2D eigenvalue weighted by atomic mass is 16.5. The van der Waals surface area contributed by atoms with Crippen LogP contribution < -0.4 is 9.47 Å². The highest BCUT2D eigenvalue weighted by molar-refractivity contribution is 5.86. The van der Waals surface area contributed by atoms with Crippen molar-refractivity contribution in [2.45, 2.75) is 12.8 Å². The molecule has 4 rings (SSSR count). The molecule has 7 heteroatoms. The number of rotatable bonds is 6. The molecule has 7 nitrogen and oxygen atoms in total. The van der Waals surface area contributed by atoms with Crippen LogP contribution in [0.3, 0.4) is 0 Å². The van der Waals surface area contributed by atoms with Crippen molar-refractivity contribution in [1.82, 2.24) is 10.1 Å². The Morgan fingerprint density at radius 2 is 1.89 bits per heavy atom. The van der Waals surface area contributed by atoms with Crippen LogP contribution in [-0.4, -0.2) is 23.2 Å². The Morgan fingerprint density at radius 3 is 2.67 bits per heavy atom. The third-order valence-electron chi connectivity index (χ3n) is 4.00. The summed E-state index contributed by atoms with van der Waals surface area (Å²) >= 11 is 0. The van der Waals surface area contributed by atoms with Crippen LogP contribution in [0.2, 0.25) is 0 Å². The Bertz CT molecular complexity index is 1070. The Hall–Kier alpha value is -3.61. The van der Waals surface area contributed by atoms with Gasteiger partial charge in [-0.15, -0.1) is 0 Å². The molecule has 0 fully saturated rings. The number of furan rings is 1. The topological polar surface area (TPSA) is 87.6 Å². The number of carbonyl (C=O) groups is 1. The van der Waals surface area contributed by atoms with E-state index in [0.717, 1.165) is 16.5 Å². The van der Waals surface area contributed by atoms with Crippen LogP contribution in [-0.2, 0) is 11.2 Å². The van der Waals surface area contributed by atoms with Gasteiger partial charge in [-0.25, -0.2) is 0 Å². The first-order chi connectivity index (χ1) is 13.2. The fraction of sp³-hybridized carbons (Fsp3) is 0.150. The molecule has 0 saturated heterocycles. The van der Waals surface area contributed by atoms with Crippen molar-refractivity contribution in [3.8, 4) is 23.1 Å². The number of benzene rings is 2. The van der Waals surface area contributed by atoms with E-state index in [2.05, 4.69) is 10.1 Å². The van der Waals surface area contributed by atoms with Crippen LogP contribution in [0.25, 0.3) is 22.4 Å². The standard InChI is InChI=1S/C20H16N2O5/c1-24-15-6-4-13-5-7-16(12-14(13)11-15)26-19(23)9-8-18-21-20(22-27-18)17-3-2-10-25-17/h2-7,10-12H,8-9H2,1H3. The van der Waals surface area contributed by atoms with Crippen LogP contribution in [0.1, 0.15) is 12.3 Å². The summed E-state index contributed by atoms with van der Waals surface area (Å²) in [5.41, 5.74) is 0. The number of aryl methyl sites for hydroxylation is 1. The van der Waals surface area contributed by atoms with Gasteiger partial charge in [-0.2, -0.15) is 4.98 Å². The number of methoxy groups -OCH3 is 1. The third kappa shape index (κ3) is 3.82. The van der Waals surface area contributed by atoms with Crippen molar-refractivity contribution in [3.63, 3.8) is 0 Å². The Kier molecular flexibility index (Phi) is 4.57. The van der Waals surface area contributed by atoms with Gasteiger partial charge >= 0.3 is 5.97 Å². The van der Waals surface area contributed by atoms with E-state index in [9.17, 15) is 4.79 Å². The largest absolute Gasteiger partial charge is 0.497 e. The number of hydrogen-bond acceptors (Lipinski definition) is 7. The predicted molar refractivity (Wildman–Crippen MR) is 96.5 cm³/mol. The first-order valence-electron chi connectivity index (χ1n) is 8.36. The van der Waals surface area contributed by atoms with E-state index >= 15 is 0 Å². The van der Waals surface area contributed by atoms with Gasteiger partial charge < -0.3 is 18.4 Å². The highest BCUT2D eigenvalue weighted by Gasteiger charge is 2.13. The zero-order valence-corrected chi connectivity index (χ0v) is 14.5. The SMILES string of the molecule is COc1ccc2ccc(OC(=O)CCc3nc(-c4ccco4)no3)cc2c1. The van der Waals surface area contributed by atoms with E-state index in [4.69, 9.17) is 18.4 Å². The normalized spacial score (nSPS) is 10.9. The lowest BCUT2D eigenvalue weighted by Gasteiger charge is -2.06. The second kappa shape index (κ2) is 7.33. The molecule has 0 N–H and O–H groups in total. The van der Waals surface area contributed by atoms with Gasteiger partial charge in [0.2, 0.25) is 11.7 Å². The summed E-state index contributed by atoms with van der Waals surface area (Å²) in [7, 11) is 1.61. The lowest BCUT2D eigenvalue weighted by atomic mass is 10.1. The van der Waals surface area contributed by atoms with Crippen molar-refractivity contribution in [2.75, 3.05) is 7.11 Å². The molecule has 0 bridgehead atoms. The smallest absolute Gasteiger partial charge is 0.311 e. The number of hydrogen-bond donors (Lipinski definition) is 0. The second-order valence-corrected chi connectivity index (χ2v) is 5.84. The zero-order valence-electron chi connectivity index (χ0n) is 14.5. The average molecular weight is 364 g/mol. The monoisotopic (exact) mass is 364 g/mol. The maximum Gasteiger partial charge on any atom is 0.311 e. The quantitative estimate of drug-likeness (QED) is 0.377. The summed E-state index contributed by atoms with van der Waals surface area (Å²) in [4.78, 5) is 16.3. The van der Waals surface area contributed by atoms with Crippen molar-refractivity contribution in [1.29, 1.82) is 0 Å². The molecule has 27 heavy (non-hydrogen) atoms. The number of ether oxygens (including phenoxy) is 2. The molecule has 0 spiro atoms. The molecule has 2 aromatic carbocycles. The fourth-order valence-corrected chi connectivity index (χ4v) is 2.65. The Morgan fingerprint density at radius 1 is 1.07 bits per heavy atom. The van der Waals surface area contributed by atoms with Gasteiger partial charge in [-0.3, -0.25) is 4.79 Å². The molecular weight excluding hydrogens is 348 g/mol. The molecule has 0 atom stereocenters. The number of carbonyl (C=O) groups excluding carboxylic acids is 1. The summed E-state index contributed by atoms with van der Waals surface area (Å²) in [6.07, 6.45) is 1.94. The summed E-state index contributed by atoms with van der Waals surface area (Å²) in [5.74, 6) is 2.06. The Labute approximate surface area is 154 Å². The van der Waals surface area contributed by atoms with E-state index in [0.29, 0.717) is 23.2 Å². The average Bonchev–Trinajstić information content (AvgIpc) is 3.37. The molecule has 2 aromatic heterocycles. The molecule has 0 aliphatic carbocycles. The third-order valence-corrected chi connectivity index (χ3v) is 4.00. The van der Waals surface area contributed by atoms with Crippen LogP contribution >= 0.6 is 0 Å². The van der Waals surface area contributed by atoms with Gasteiger partial charge in [0.15, 0.2) is 5.76 Å². The molecule has 4 aromatic rings. The predicted octanol–water partition coefficient (Wildman–Crippen LogP) is 4.03. The molecule has 0 aliphatic rings. The second-order valence-electron chi connectivity index (χ2n) is 5.84. The van der Waals surface area contributed by atoms with Crippen LogP contribution in [0.15, 0.2) is 63.7 Å². The van der Waals surface area contributed by atoms with E-state index in [1.807, 2.05) is 24.3 Å². The van der Waals surface area contributed by atoms with Crippen LogP contribution in [0.5, 0.6) is 11.5 Å². The number of fused-ring (bicyclic) bond motifs is 1. The zero-order chi connectivity index (χ0) is 18.6. The van der Waals surface area contributed by atoms with Crippen LogP contribution in [0, 0.1) is 0 Å². The van der Waals surface area contributed by atoms with E-state index in [-0.39, 0.29) is 18.8 Å². The van der Waals surface area contributed by atoms with E-state index in [1.54, 1.807) is 31.4 Å². The van der Waals surface area contributed by atoms with Gasteiger partial charge in [-0.05, 0) is 47.2 Å². The van der Waals surface area contributed by atoms with E-state index in [1.165, 1.54) is 6.26 Å². The summed E-state index contributed by atoms with van der Waals surface area (Å²) in [6.45, 7) is 0. The minimum atomic E-state index is -0.380. The molecule has 0 amide bonds. The molecular formula is C20H16N2O5. The highest BCUT2D eigenvalue weighted by Crippen LogP contribution is 2.25. The number of nitrogens with zero attached hydrogens (tertiary/aromatic N) is 2. The van der Waals surface area contributed by atoms with Gasteiger partial charge in [0, 0.05) is 6.42 Å². The minimum Gasteiger partial charge on any atom is -0.497 e. The molecule has 0 unspecified atom stereocenters. The van der Waals surface area contributed by atoms with Crippen LogP contribution in [0.4, 0.5) is 0 Å². The number of esters is 1. The van der Waals surface area contributed by atoms with Gasteiger partial charge in [0.1, 0.15) is 11.5 Å². The van der Waals surface area contributed by atoms with Crippen molar-refractivity contribution in [2.24, 2.45) is 0 Å². The molecule has 0 radical (unpaired) electrons. The number of aromatic nitrogens is 2. The lowest BCUT2D eigenvalue weighted by Crippen LogP contribution is -2.09. The maximum absolute atomic E-state index is 12.1. The lowest BCUT2D eigenvalue weighted by molar-refractivity contribution is -0.134. The van der Waals surface area contributed by atoms with Crippen molar-refractivity contribution >= 4 is 16.7 Å².